The molecule has 0 atom stereocenters. The van der Waals surface area contributed by atoms with Crippen LogP contribution in [0.4, 0.5) is 0 Å². The Hall–Kier alpha value is -0.930. The third-order valence-corrected chi connectivity index (χ3v) is 5.70. The second-order valence-electron chi connectivity index (χ2n) is 5.85. The van der Waals surface area contributed by atoms with Crippen molar-refractivity contribution in [2.75, 3.05) is 6.61 Å². The van der Waals surface area contributed by atoms with E-state index in [1.54, 1.807) is 31.2 Å². The van der Waals surface area contributed by atoms with Crippen molar-refractivity contribution in [3.63, 3.8) is 0 Å². The van der Waals surface area contributed by atoms with Gasteiger partial charge in [-0.1, -0.05) is 12.1 Å². The Balaban J connectivity index is 0.00000240. The smallest absolute Gasteiger partial charge is 0.493 e. The van der Waals surface area contributed by atoms with Crippen molar-refractivity contribution in [3.05, 3.63) is 58.9 Å². The van der Waals surface area contributed by atoms with E-state index in [0.717, 1.165) is 28.9 Å². The number of nitrogens with one attached hydrogen (secondary N) is 1. The minimum Gasteiger partial charge on any atom is -0.493 e. The van der Waals surface area contributed by atoms with E-state index in [-0.39, 0.29) is 64.8 Å². The summed E-state index contributed by atoms with van der Waals surface area (Å²) >= 11 is 0. The van der Waals surface area contributed by atoms with Gasteiger partial charge in [0.15, 0.2) is 0 Å². The Morgan fingerprint density at radius 1 is 0.968 bits per heavy atom. The molecule has 0 aliphatic carbocycles. The summed E-state index contributed by atoms with van der Waals surface area (Å²) in [5.41, 5.74) is -0.446. The minimum atomic E-state index is -4.81. The number of rotatable bonds is 6. The molecular formula is C17H16N2Na2O8S2+2. The van der Waals surface area contributed by atoms with Crippen LogP contribution in [0.2, 0.25) is 0 Å². The molecule has 0 saturated carbocycles. The van der Waals surface area contributed by atoms with Gasteiger partial charge in [0.25, 0.3) is 25.8 Å². The van der Waals surface area contributed by atoms with Crippen molar-refractivity contribution in [1.82, 2.24) is 9.78 Å². The van der Waals surface area contributed by atoms with E-state index in [0.29, 0.717) is 17.9 Å². The maximum atomic E-state index is 12.5. The van der Waals surface area contributed by atoms with E-state index in [1.807, 2.05) is 0 Å². The van der Waals surface area contributed by atoms with Gasteiger partial charge in [-0.2, -0.15) is 16.8 Å². The molecule has 10 nitrogen and oxygen atoms in total. The number of benzene rings is 2. The van der Waals surface area contributed by atoms with Crippen LogP contribution in [0.3, 0.4) is 0 Å². The molecule has 3 rings (SSSR count). The standard InChI is InChI=1S/C17H16N2O8S2.2Na/c1-2-27-15-6-4-3-5-12(15)13-10-17(20)19(18-13)14-9-11(28(21,22)23)7-8-16(14)29(24,25)26;;/h3-10,18H,2H2,1H3,(H,21,22,23)(H,24,25,26);;/q;2*+1. The van der Waals surface area contributed by atoms with Crippen LogP contribution >= 0.6 is 0 Å². The number of ether oxygens (including phenoxy) is 1. The summed E-state index contributed by atoms with van der Waals surface area (Å²) in [6.07, 6.45) is 0. The molecule has 154 valence electrons. The first-order chi connectivity index (χ1) is 13.5. The maximum Gasteiger partial charge on any atom is 1.00 e. The first kappa shape index (κ1) is 28.1. The summed E-state index contributed by atoms with van der Waals surface area (Å²) in [4.78, 5) is 11.1. The van der Waals surface area contributed by atoms with Crippen molar-refractivity contribution in [2.24, 2.45) is 0 Å². The molecule has 0 bridgehead atoms. The van der Waals surface area contributed by atoms with Gasteiger partial charge in [0.05, 0.1) is 22.9 Å². The van der Waals surface area contributed by atoms with Crippen molar-refractivity contribution < 1.29 is 89.8 Å². The number of hydrogen-bond donors (Lipinski definition) is 3. The maximum absolute atomic E-state index is 12.5. The van der Waals surface area contributed by atoms with Gasteiger partial charge in [-0.3, -0.25) is 19.0 Å². The molecule has 0 saturated heterocycles. The Morgan fingerprint density at radius 3 is 2.19 bits per heavy atom. The predicted octanol–water partition coefficient (Wildman–Crippen LogP) is -4.27. The van der Waals surface area contributed by atoms with Gasteiger partial charge in [0.1, 0.15) is 10.6 Å². The van der Waals surface area contributed by atoms with E-state index < -0.39 is 41.3 Å². The first-order valence-corrected chi connectivity index (χ1v) is 11.0. The Morgan fingerprint density at radius 2 is 1.61 bits per heavy atom. The summed E-state index contributed by atoms with van der Waals surface area (Å²) < 4.78 is 71.3. The molecule has 0 fully saturated rings. The van der Waals surface area contributed by atoms with Gasteiger partial charge in [-0.05, 0) is 37.3 Å². The number of aromatic nitrogens is 2. The minimum absolute atomic E-state index is 0. The van der Waals surface area contributed by atoms with Crippen LogP contribution in [0.1, 0.15) is 6.92 Å². The third-order valence-electron chi connectivity index (χ3n) is 3.94. The van der Waals surface area contributed by atoms with Gasteiger partial charge < -0.3 is 4.74 Å². The van der Waals surface area contributed by atoms with Crippen LogP contribution in [-0.4, -0.2) is 42.3 Å². The van der Waals surface area contributed by atoms with E-state index in [1.165, 1.54) is 0 Å². The fourth-order valence-corrected chi connectivity index (χ4v) is 3.89. The molecule has 0 amide bonds. The molecule has 14 heteroatoms. The van der Waals surface area contributed by atoms with Gasteiger partial charge in [-0.25, -0.2) is 4.68 Å². The molecule has 3 N–H and O–H groups in total. The van der Waals surface area contributed by atoms with Crippen LogP contribution in [-0.2, 0) is 20.2 Å². The van der Waals surface area contributed by atoms with Crippen molar-refractivity contribution in [1.29, 1.82) is 0 Å². The normalized spacial score (nSPS) is 11.3. The summed E-state index contributed by atoms with van der Waals surface area (Å²) in [7, 11) is -9.51. The Bertz CT molecular complexity index is 1350. The van der Waals surface area contributed by atoms with E-state index in [4.69, 9.17) is 4.74 Å². The van der Waals surface area contributed by atoms with E-state index in [2.05, 4.69) is 5.10 Å². The summed E-state index contributed by atoms with van der Waals surface area (Å²) in [6.45, 7) is 2.15. The number of H-pyrrole nitrogens is 1. The molecule has 0 aliphatic rings. The second-order valence-corrected chi connectivity index (χ2v) is 8.66. The number of nitrogens with zero attached hydrogens (tertiary/aromatic N) is 1. The molecule has 0 unspecified atom stereocenters. The van der Waals surface area contributed by atoms with E-state index >= 15 is 0 Å². The average Bonchev–Trinajstić information content (AvgIpc) is 3.02. The zero-order valence-corrected chi connectivity index (χ0v) is 22.6. The quantitative estimate of drug-likeness (QED) is 0.234. The van der Waals surface area contributed by atoms with Crippen molar-refractivity contribution in [3.8, 4) is 22.7 Å². The van der Waals surface area contributed by atoms with Gasteiger partial charge in [0.2, 0.25) is 0 Å². The van der Waals surface area contributed by atoms with Gasteiger partial charge in [-0.15, -0.1) is 0 Å². The molecule has 1 heterocycles. The van der Waals surface area contributed by atoms with Crippen molar-refractivity contribution in [2.45, 2.75) is 16.7 Å². The van der Waals surface area contributed by atoms with Crippen LogP contribution in [0.25, 0.3) is 16.9 Å². The molecule has 0 radical (unpaired) electrons. The fraction of sp³-hybridized carbons (Fsp3) is 0.118. The molecule has 0 aliphatic heterocycles. The van der Waals surface area contributed by atoms with Crippen LogP contribution < -0.4 is 69.4 Å². The van der Waals surface area contributed by atoms with Crippen LogP contribution in [0, 0.1) is 0 Å². The summed E-state index contributed by atoms with van der Waals surface area (Å²) in [5.74, 6) is 0.463. The third kappa shape index (κ3) is 6.32. The average molecular weight is 486 g/mol. The second kappa shape index (κ2) is 10.8. The summed E-state index contributed by atoms with van der Waals surface area (Å²) in [6, 6.07) is 10.3. The molecule has 3 aromatic rings. The SMILES string of the molecule is CCOc1ccccc1-c1cc(=O)n(-c2cc(S(=O)(=O)O)ccc2S(=O)(=O)O)[nH]1.[Na+].[Na+]. The van der Waals surface area contributed by atoms with E-state index in [9.17, 15) is 30.7 Å². The Labute approximate surface area is 222 Å². The fourth-order valence-electron chi connectivity index (χ4n) is 2.73. The molecule has 1 aromatic heterocycles. The largest absolute Gasteiger partial charge is 1.00 e. The zero-order chi connectivity index (χ0) is 21.4. The van der Waals surface area contributed by atoms with Gasteiger partial charge >= 0.3 is 59.1 Å². The zero-order valence-electron chi connectivity index (χ0n) is 16.9. The van der Waals surface area contributed by atoms with Crippen LogP contribution in [0.15, 0.2) is 63.1 Å². The molecular weight excluding hydrogens is 470 g/mol. The molecule has 2 aromatic carbocycles. The van der Waals surface area contributed by atoms with Crippen molar-refractivity contribution >= 4 is 20.2 Å². The monoisotopic (exact) mass is 486 g/mol. The first-order valence-electron chi connectivity index (χ1n) is 8.16. The van der Waals surface area contributed by atoms with Gasteiger partial charge in [0, 0.05) is 11.6 Å². The summed E-state index contributed by atoms with van der Waals surface area (Å²) in [5, 5.41) is 2.68. The molecule has 31 heavy (non-hydrogen) atoms. The molecule has 0 spiro atoms. The Kier molecular flexibility index (Phi) is 9.78. The topological polar surface area (TPSA) is 156 Å². The predicted molar refractivity (Wildman–Crippen MR) is 103 cm³/mol. The number of hydrogen-bond acceptors (Lipinski definition) is 6. The number of para-hydroxylation sites is 1. The van der Waals surface area contributed by atoms with Crippen LogP contribution in [0.5, 0.6) is 5.75 Å². The number of aromatic amines is 1.